The van der Waals surface area contributed by atoms with Gasteiger partial charge in [-0.2, -0.15) is 5.10 Å². The quantitative estimate of drug-likeness (QED) is 0.730. The zero-order valence-corrected chi connectivity index (χ0v) is 14.4. The summed E-state index contributed by atoms with van der Waals surface area (Å²) in [4.78, 5) is 6.84. The molecule has 0 spiro atoms. The number of hydrogen-bond donors (Lipinski definition) is 0. The number of fused-ring (bicyclic) bond motifs is 1. The number of benzene rings is 2. The third-order valence-electron chi connectivity index (χ3n) is 4.81. The van der Waals surface area contributed by atoms with Gasteiger partial charge in [-0.3, -0.25) is 0 Å². The van der Waals surface area contributed by atoms with E-state index in [9.17, 15) is 0 Å². The fourth-order valence-electron chi connectivity index (χ4n) is 3.34. The summed E-state index contributed by atoms with van der Waals surface area (Å²) in [5.41, 5.74) is 1.92. The topological polar surface area (TPSA) is 51.1 Å². The van der Waals surface area contributed by atoms with Crippen LogP contribution in [0.15, 0.2) is 48.7 Å². The van der Waals surface area contributed by atoms with Crippen molar-refractivity contribution in [2.45, 2.75) is 12.8 Å². The fourth-order valence-corrected chi connectivity index (χ4v) is 3.34. The average Bonchev–Trinajstić information content (AvgIpc) is 2.68. The minimum Gasteiger partial charge on any atom is -0.381 e. The Bertz CT molecular complexity index is 861. The first-order valence-corrected chi connectivity index (χ1v) is 8.77. The molecule has 5 heteroatoms. The predicted molar refractivity (Wildman–Crippen MR) is 99.6 cm³/mol. The van der Waals surface area contributed by atoms with Crippen LogP contribution in [0.4, 0.5) is 5.95 Å². The van der Waals surface area contributed by atoms with E-state index in [-0.39, 0.29) is 0 Å². The van der Waals surface area contributed by atoms with Gasteiger partial charge in [0.2, 0.25) is 5.95 Å². The number of rotatable bonds is 4. The molecule has 0 aliphatic carbocycles. The molecule has 2 aromatic carbocycles. The number of anilines is 1. The van der Waals surface area contributed by atoms with E-state index in [2.05, 4.69) is 57.6 Å². The highest BCUT2D eigenvalue weighted by Crippen LogP contribution is 2.24. The van der Waals surface area contributed by atoms with E-state index >= 15 is 0 Å². The highest BCUT2D eigenvalue weighted by Gasteiger charge is 2.17. The monoisotopic (exact) mass is 334 g/mol. The third kappa shape index (κ3) is 3.61. The van der Waals surface area contributed by atoms with Crippen LogP contribution >= 0.6 is 0 Å². The smallest absolute Gasteiger partial charge is 0.245 e. The number of ether oxygens (including phenoxy) is 1. The average molecular weight is 334 g/mol. The Labute approximate surface area is 147 Å². The number of hydrogen-bond acceptors (Lipinski definition) is 5. The minimum atomic E-state index is 0.631. The Morgan fingerprint density at radius 3 is 2.72 bits per heavy atom. The molecule has 1 aliphatic rings. The molecule has 4 rings (SSSR count). The minimum absolute atomic E-state index is 0.631. The summed E-state index contributed by atoms with van der Waals surface area (Å²) >= 11 is 0. The SMILES string of the molecule is CN(CC1CCOCC1)c1nncc(-c2ccc3ccccc3c2)n1. The Morgan fingerprint density at radius 1 is 1.08 bits per heavy atom. The van der Waals surface area contributed by atoms with Crippen LogP contribution in [0.3, 0.4) is 0 Å². The second kappa shape index (κ2) is 7.15. The van der Waals surface area contributed by atoms with E-state index < -0.39 is 0 Å². The van der Waals surface area contributed by atoms with Gasteiger partial charge in [0.05, 0.1) is 11.9 Å². The van der Waals surface area contributed by atoms with E-state index in [4.69, 9.17) is 9.72 Å². The van der Waals surface area contributed by atoms with E-state index in [0.717, 1.165) is 43.9 Å². The molecule has 0 saturated carbocycles. The summed E-state index contributed by atoms with van der Waals surface area (Å²) in [6, 6.07) is 14.7. The van der Waals surface area contributed by atoms with Gasteiger partial charge in [-0.05, 0) is 35.6 Å². The summed E-state index contributed by atoms with van der Waals surface area (Å²) in [6.45, 7) is 2.65. The van der Waals surface area contributed by atoms with Gasteiger partial charge >= 0.3 is 0 Å². The summed E-state index contributed by atoms with van der Waals surface area (Å²) < 4.78 is 5.44. The summed E-state index contributed by atoms with van der Waals surface area (Å²) in [5, 5.41) is 10.8. The van der Waals surface area contributed by atoms with Crippen molar-refractivity contribution in [3.63, 3.8) is 0 Å². The first kappa shape index (κ1) is 16.0. The van der Waals surface area contributed by atoms with E-state index in [0.29, 0.717) is 11.9 Å². The Hall–Kier alpha value is -2.53. The molecule has 2 heterocycles. The van der Waals surface area contributed by atoms with Gasteiger partial charge in [0.15, 0.2) is 0 Å². The van der Waals surface area contributed by atoms with Crippen LogP contribution < -0.4 is 4.90 Å². The van der Waals surface area contributed by atoms with Crippen molar-refractivity contribution < 1.29 is 4.74 Å². The van der Waals surface area contributed by atoms with Gasteiger partial charge in [0, 0.05) is 32.4 Å². The van der Waals surface area contributed by atoms with Crippen LogP contribution in [-0.2, 0) is 4.74 Å². The lowest BCUT2D eigenvalue weighted by molar-refractivity contribution is 0.0684. The molecular weight excluding hydrogens is 312 g/mol. The zero-order chi connectivity index (χ0) is 17.1. The molecule has 0 bridgehead atoms. The molecule has 0 radical (unpaired) electrons. The summed E-state index contributed by atoms with van der Waals surface area (Å²) in [6.07, 6.45) is 3.93. The molecule has 1 saturated heterocycles. The molecule has 0 atom stereocenters. The van der Waals surface area contributed by atoms with Crippen molar-refractivity contribution in [3.05, 3.63) is 48.7 Å². The van der Waals surface area contributed by atoms with Crippen molar-refractivity contribution in [2.24, 2.45) is 5.92 Å². The van der Waals surface area contributed by atoms with Gasteiger partial charge in [-0.15, -0.1) is 5.10 Å². The molecule has 1 aromatic heterocycles. The van der Waals surface area contributed by atoms with Crippen LogP contribution in [0.1, 0.15) is 12.8 Å². The Morgan fingerprint density at radius 2 is 1.88 bits per heavy atom. The molecule has 1 fully saturated rings. The van der Waals surface area contributed by atoms with Gasteiger partial charge in [0.1, 0.15) is 0 Å². The molecule has 5 nitrogen and oxygen atoms in total. The maximum absolute atomic E-state index is 5.44. The van der Waals surface area contributed by atoms with Gasteiger partial charge in [0.25, 0.3) is 0 Å². The molecular formula is C20H22N4O. The van der Waals surface area contributed by atoms with Crippen LogP contribution in [0, 0.1) is 5.92 Å². The van der Waals surface area contributed by atoms with Crippen LogP contribution in [-0.4, -0.2) is 42.0 Å². The molecule has 0 unspecified atom stereocenters. The van der Waals surface area contributed by atoms with Gasteiger partial charge < -0.3 is 9.64 Å². The lowest BCUT2D eigenvalue weighted by atomic mass is 10.00. The molecule has 1 aliphatic heterocycles. The predicted octanol–water partition coefficient (Wildman–Crippen LogP) is 3.55. The Balaban J connectivity index is 1.57. The van der Waals surface area contributed by atoms with Crippen LogP contribution in [0.5, 0.6) is 0 Å². The molecule has 25 heavy (non-hydrogen) atoms. The maximum atomic E-state index is 5.44. The van der Waals surface area contributed by atoms with E-state index in [1.165, 1.54) is 10.8 Å². The Kier molecular flexibility index (Phi) is 4.57. The highest BCUT2D eigenvalue weighted by atomic mass is 16.5. The molecule has 0 amide bonds. The highest BCUT2D eigenvalue weighted by molar-refractivity contribution is 5.86. The van der Waals surface area contributed by atoms with Crippen LogP contribution in [0.2, 0.25) is 0 Å². The van der Waals surface area contributed by atoms with E-state index in [1.54, 1.807) is 6.20 Å². The largest absolute Gasteiger partial charge is 0.381 e. The lowest BCUT2D eigenvalue weighted by Gasteiger charge is -2.27. The normalized spacial score (nSPS) is 15.4. The summed E-state index contributed by atoms with van der Waals surface area (Å²) in [5.74, 6) is 1.31. The first-order chi connectivity index (χ1) is 12.3. The lowest BCUT2D eigenvalue weighted by Crippen LogP contribution is -2.30. The number of aromatic nitrogens is 3. The van der Waals surface area contributed by atoms with Gasteiger partial charge in [-0.1, -0.05) is 36.4 Å². The first-order valence-electron chi connectivity index (χ1n) is 8.77. The van der Waals surface area contributed by atoms with Crippen molar-refractivity contribution >= 4 is 16.7 Å². The van der Waals surface area contributed by atoms with Crippen molar-refractivity contribution in [3.8, 4) is 11.3 Å². The molecule has 128 valence electrons. The maximum Gasteiger partial charge on any atom is 0.245 e. The van der Waals surface area contributed by atoms with Crippen LogP contribution in [0.25, 0.3) is 22.0 Å². The molecule has 0 N–H and O–H groups in total. The zero-order valence-electron chi connectivity index (χ0n) is 14.4. The second-order valence-corrected chi connectivity index (χ2v) is 6.64. The van der Waals surface area contributed by atoms with Crippen molar-refractivity contribution in [1.82, 2.24) is 15.2 Å². The summed E-state index contributed by atoms with van der Waals surface area (Å²) in [7, 11) is 2.04. The third-order valence-corrected chi connectivity index (χ3v) is 4.81. The second-order valence-electron chi connectivity index (χ2n) is 6.64. The van der Waals surface area contributed by atoms with Crippen molar-refractivity contribution in [2.75, 3.05) is 31.7 Å². The fraction of sp³-hybridized carbons (Fsp3) is 0.350. The van der Waals surface area contributed by atoms with Crippen molar-refractivity contribution in [1.29, 1.82) is 0 Å². The number of nitrogens with zero attached hydrogens (tertiary/aromatic N) is 4. The van der Waals surface area contributed by atoms with Gasteiger partial charge in [-0.25, -0.2) is 4.98 Å². The standard InChI is InChI=1S/C20H22N4O/c1-24(14-15-8-10-25-11-9-15)20-22-19(13-21-23-20)18-7-6-16-4-2-3-5-17(16)12-18/h2-7,12-13,15H,8-11,14H2,1H3. The molecule has 3 aromatic rings. The van der Waals surface area contributed by atoms with E-state index in [1.807, 2.05) is 7.05 Å².